The first kappa shape index (κ1) is 10.8. The lowest BCUT2D eigenvalue weighted by atomic mass is 10.2. The lowest BCUT2D eigenvalue weighted by Crippen LogP contribution is -2.49. The van der Waals surface area contributed by atoms with Crippen molar-refractivity contribution in [2.45, 2.75) is 13.0 Å². The van der Waals surface area contributed by atoms with Gasteiger partial charge in [-0.05, 0) is 6.92 Å². The van der Waals surface area contributed by atoms with E-state index in [9.17, 15) is 4.79 Å². The maximum atomic E-state index is 10.6. The number of carbonyl (C=O) groups is 1. The van der Waals surface area contributed by atoms with Crippen LogP contribution in [0.15, 0.2) is 12.4 Å². The summed E-state index contributed by atoms with van der Waals surface area (Å²) in [5.41, 5.74) is 0.118. The largest absolute Gasteiger partial charge is 0.478 e. The fourth-order valence-corrected chi connectivity index (χ4v) is 1.71. The van der Waals surface area contributed by atoms with Gasteiger partial charge in [-0.3, -0.25) is 0 Å². The molecule has 2 N–H and O–H groups in total. The van der Waals surface area contributed by atoms with Crippen molar-refractivity contribution in [1.29, 1.82) is 0 Å². The van der Waals surface area contributed by atoms with Gasteiger partial charge in [-0.1, -0.05) is 0 Å². The average Bonchev–Trinajstić information content (AvgIpc) is 2.29. The number of piperazine rings is 1. The van der Waals surface area contributed by atoms with Gasteiger partial charge in [-0.25, -0.2) is 14.8 Å². The van der Waals surface area contributed by atoms with Crippen LogP contribution in [-0.4, -0.2) is 46.7 Å². The highest BCUT2D eigenvalue weighted by atomic mass is 16.4. The highest BCUT2D eigenvalue weighted by Gasteiger charge is 2.18. The molecule has 0 bridgehead atoms. The highest BCUT2D eigenvalue weighted by Crippen LogP contribution is 2.09. The summed E-state index contributed by atoms with van der Waals surface area (Å²) in [6, 6.07) is 0.400. The molecule has 86 valence electrons. The molecule has 1 atom stereocenters. The van der Waals surface area contributed by atoms with E-state index in [4.69, 9.17) is 5.11 Å². The van der Waals surface area contributed by atoms with E-state index in [1.165, 1.54) is 12.4 Å². The van der Waals surface area contributed by atoms with Gasteiger partial charge in [0.15, 0.2) is 0 Å². The van der Waals surface area contributed by atoms with Crippen molar-refractivity contribution in [3.8, 4) is 0 Å². The van der Waals surface area contributed by atoms with E-state index in [2.05, 4.69) is 22.2 Å². The number of aromatic nitrogens is 2. The van der Waals surface area contributed by atoms with Crippen molar-refractivity contribution in [3.63, 3.8) is 0 Å². The normalized spacial score (nSPS) is 20.8. The second-order valence-electron chi connectivity index (χ2n) is 3.88. The molecule has 0 spiro atoms. The van der Waals surface area contributed by atoms with E-state index >= 15 is 0 Å². The Bertz CT molecular complexity index is 379. The fourth-order valence-electron chi connectivity index (χ4n) is 1.71. The van der Waals surface area contributed by atoms with Crippen molar-refractivity contribution in [2.75, 3.05) is 24.5 Å². The molecule has 1 fully saturated rings. The van der Waals surface area contributed by atoms with Gasteiger partial charge in [0.25, 0.3) is 0 Å². The Morgan fingerprint density at radius 3 is 2.81 bits per heavy atom. The van der Waals surface area contributed by atoms with Crippen LogP contribution in [0.5, 0.6) is 0 Å². The minimum Gasteiger partial charge on any atom is -0.478 e. The zero-order valence-electron chi connectivity index (χ0n) is 9.05. The van der Waals surface area contributed by atoms with Gasteiger partial charge in [0, 0.05) is 38.1 Å². The van der Waals surface area contributed by atoms with Gasteiger partial charge >= 0.3 is 5.97 Å². The lowest BCUT2D eigenvalue weighted by Gasteiger charge is -2.31. The van der Waals surface area contributed by atoms with Crippen LogP contribution < -0.4 is 10.2 Å². The zero-order valence-corrected chi connectivity index (χ0v) is 9.05. The molecule has 16 heavy (non-hydrogen) atoms. The Balaban J connectivity index is 2.11. The molecular weight excluding hydrogens is 208 g/mol. The number of nitrogens with zero attached hydrogens (tertiary/aromatic N) is 3. The van der Waals surface area contributed by atoms with E-state index in [-0.39, 0.29) is 5.56 Å². The van der Waals surface area contributed by atoms with Crippen LogP contribution in [0.2, 0.25) is 0 Å². The van der Waals surface area contributed by atoms with Crippen molar-refractivity contribution in [3.05, 3.63) is 18.0 Å². The van der Waals surface area contributed by atoms with Gasteiger partial charge < -0.3 is 15.3 Å². The zero-order chi connectivity index (χ0) is 11.5. The Morgan fingerprint density at radius 2 is 2.25 bits per heavy atom. The molecule has 0 radical (unpaired) electrons. The monoisotopic (exact) mass is 222 g/mol. The van der Waals surface area contributed by atoms with Crippen molar-refractivity contribution in [1.82, 2.24) is 15.3 Å². The topological polar surface area (TPSA) is 78.4 Å². The first-order valence-corrected chi connectivity index (χ1v) is 5.20. The molecule has 1 aromatic heterocycles. The molecule has 0 saturated carbocycles. The summed E-state index contributed by atoms with van der Waals surface area (Å²) in [7, 11) is 0. The summed E-state index contributed by atoms with van der Waals surface area (Å²) in [5, 5.41) is 12.0. The second kappa shape index (κ2) is 4.44. The van der Waals surface area contributed by atoms with Crippen molar-refractivity contribution in [2.24, 2.45) is 0 Å². The fraction of sp³-hybridized carbons (Fsp3) is 0.500. The van der Waals surface area contributed by atoms with Gasteiger partial charge in [-0.2, -0.15) is 0 Å². The molecule has 1 aliphatic rings. The third-order valence-electron chi connectivity index (χ3n) is 2.54. The molecular formula is C10H14N4O2. The molecule has 0 aromatic carbocycles. The van der Waals surface area contributed by atoms with Gasteiger partial charge in [0.05, 0.1) is 5.56 Å². The minimum atomic E-state index is -1.000. The second-order valence-corrected chi connectivity index (χ2v) is 3.88. The summed E-state index contributed by atoms with van der Waals surface area (Å²) < 4.78 is 0. The minimum absolute atomic E-state index is 0.118. The van der Waals surface area contributed by atoms with Crippen molar-refractivity contribution >= 4 is 11.9 Å². The summed E-state index contributed by atoms with van der Waals surface area (Å²) in [6.45, 7) is 4.67. The molecule has 6 heteroatoms. The highest BCUT2D eigenvalue weighted by molar-refractivity contribution is 5.86. The number of nitrogens with one attached hydrogen (secondary N) is 1. The number of anilines is 1. The third kappa shape index (κ3) is 2.27. The van der Waals surface area contributed by atoms with E-state index in [1.807, 2.05) is 4.90 Å². The van der Waals surface area contributed by atoms with E-state index in [0.717, 1.165) is 19.6 Å². The molecule has 0 amide bonds. The molecule has 1 unspecified atom stereocenters. The van der Waals surface area contributed by atoms with E-state index in [1.54, 1.807) is 0 Å². The SMILES string of the molecule is CC1CN(c2ncc(C(=O)O)cn2)CCN1. The van der Waals surface area contributed by atoms with E-state index < -0.39 is 5.97 Å². The molecule has 2 heterocycles. The van der Waals surface area contributed by atoms with Crippen LogP contribution in [0.3, 0.4) is 0 Å². The number of carboxylic acid groups (broad SMARTS) is 1. The summed E-state index contributed by atoms with van der Waals surface area (Å²) in [4.78, 5) is 20.8. The van der Waals surface area contributed by atoms with E-state index in [0.29, 0.717) is 12.0 Å². The van der Waals surface area contributed by atoms with Crippen LogP contribution in [0.25, 0.3) is 0 Å². The smallest absolute Gasteiger partial charge is 0.338 e. The Morgan fingerprint density at radius 1 is 1.56 bits per heavy atom. The maximum absolute atomic E-state index is 10.6. The maximum Gasteiger partial charge on any atom is 0.338 e. The van der Waals surface area contributed by atoms with Gasteiger partial charge in [-0.15, -0.1) is 0 Å². The average molecular weight is 222 g/mol. The Kier molecular flexibility index (Phi) is 3.00. The summed E-state index contributed by atoms with van der Waals surface area (Å²) in [6.07, 6.45) is 2.69. The molecule has 0 aliphatic carbocycles. The molecule has 1 aromatic rings. The number of hydrogen-bond acceptors (Lipinski definition) is 5. The van der Waals surface area contributed by atoms with Crippen LogP contribution >= 0.6 is 0 Å². The number of aromatic carboxylic acids is 1. The van der Waals surface area contributed by atoms with Crippen LogP contribution in [-0.2, 0) is 0 Å². The molecule has 1 saturated heterocycles. The molecule has 1 aliphatic heterocycles. The molecule has 2 rings (SSSR count). The first-order chi connectivity index (χ1) is 7.66. The lowest BCUT2D eigenvalue weighted by molar-refractivity contribution is 0.0696. The molecule has 6 nitrogen and oxygen atoms in total. The Hall–Kier alpha value is -1.69. The standard InChI is InChI=1S/C10H14N4O2/c1-7-6-14(3-2-11-7)10-12-4-8(5-13-10)9(15)16/h4-5,7,11H,2-3,6H2,1H3,(H,15,16). The number of carboxylic acids is 1. The Labute approximate surface area is 93.3 Å². The summed E-state index contributed by atoms with van der Waals surface area (Å²) in [5.74, 6) is -0.404. The van der Waals surface area contributed by atoms with Crippen molar-refractivity contribution < 1.29 is 9.90 Å². The first-order valence-electron chi connectivity index (χ1n) is 5.20. The van der Waals surface area contributed by atoms with Crippen LogP contribution in [0.4, 0.5) is 5.95 Å². The number of rotatable bonds is 2. The summed E-state index contributed by atoms with van der Waals surface area (Å²) >= 11 is 0. The van der Waals surface area contributed by atoms with Crippen LogP contribution in [0, 0.1) is 0 Å². The number of hydrogen-bond donors (Lipinski definition) is 2. The van der Waals surface area contributed by atoms with Gasteiger partial charge in [0.1, 0.15) is 0 Å². The van der Waals surface area contributed by atoms with Crippen LogP contribution in [0.1, 0.15) is 17.3 Å². The predicted molar refractivity (Wildman–Crippen MR) is 58.7 cm³/mol. The third-order valence-corrected chi connectivity index (χ3v) is 2.54. The quantitative estimate of drug-likeness (QED) is 0.731. The predicted octanol–water partition coefficient (Wildman–Crippen LogP) is -0.0271. The van der Waals surface area contributed by atoms with Gasteiger partial charge in [0.2, 0.25) is 5.95 Å².